The quantitative estimate of drug-likeness (QED) is 0.940. The molecule has 1 aromatic heterocycles. The summed E-state index contributed by atoms with van der Waals surface area (Å²) in [5, 5.41) is 7.31. The van der Waals surface area contributed by atoms with E-state index in [0.717, 1.165) is 52.4 Å². The number of fused-ring (bicyclic) bond motifs is 1. The minimum absolute atomic E-state index is 0.861. The van der Waals surface area contributed by atoms with Crippen LogP contribution in [0.5, 0.6) is 0 Å². The third kappa shape index (κ3) is 3.41. The SMILES string of the molecule is c1cc(CN2CCCc3[nH]ncc32)ccc1CN1CCOCC1. The van der Waals surface area contributed by atoms with Gasteiger partial charge in [0.25, 0.3) is 0 Å². The number of ether oxygens (including phenoxy) is 1. The minimum atomic E-state index is 0.861. The van der Waals surface area contributed by atoms with Gasteiger partial charge < -0.3 is 9.64 Å². The van der Waals surface area contributed by atoms with Crippen molar-refractivity contribution in [3.63, 3.8) is 0 Å². The molecule has 0 aliphatic carbocycles. The predicted octanol–water partition coefficient (Wildman–Crippen LogP) is 2.19. The van der Waals surface area contributed by atoms with Gasteiger partial charge in [-0.1, -0.05) is 24.3 Å². The Morgan fingerprint density at radius 1 is 1.00 bits per heavy atom. The third-order valence-electron chi connectivity index (χ3n) is 4.80. The first-order valence-electron chi connectivity index (χ1n) is 8.53. The van der Waals surface area contributed by atoms with E-state index in [0.29, 0.717) is 0 Å². The van der Waals surface area contributed by atoms with Crippen LogP contribution in [0.2, 0.25) is 0 Å². The summed E-state index contributed by atoms with van der Waals surface area (Å²) in [6.07, 6.45) is 4.27. The number of aromatic nitrogens is 2. The maximum absolute atomic E-state index is 5.41. The van der Waals surface area contributed by atoms with Crippen molar-refractivity contribution < 1.29 is 4.74 Å². The molecule has 3 heterocycles. The van der Waals surface area contributed by atoms with Gasteiger partial charge in [0.2, 0.25) is 0 Å². The molecular formula is C18H24N4O. The number of anilines is 1. The van der Waals surface area contributed by atoms with Crippen LogP contribution in [0, 0.1) is 0 Å². The Kier molecular flexibility index (Phi) is 4.30. The molecular weight excluding hydrogens is 288 g/mol. The fourth-order valence-corrected chi connectivity index (χ4v) is 3.48. The number of aryl methyl sites for hydroxylation is 1. The molecule has 1 saturated heterocycles. The van der Waals surface area contributed by atoms with Crippen molar-refractivity contribution in [1.82, 2.24) is 15.1 Å². The molecule has 23 heavy (non-hydrogen) atoms. The highest BCUT2D eigenvalue weighted by Gasteiger charge is 2.18. The number of aromatic amines is 1. The summed E-state index contributed by atoms with van der Waals surface area (Å²) in [5.41, 5.74) is 5.30. The molecule has 2 aliphatic rings. The molecule has 0 unspecified atom stereocenters. The van der Waals surface area contributed by atoms with E-state index in [2.05, 4.69) is 44.3 Å². The smallest absolute Gasteiger partial charge is 0.0785 e. The van der Waals surface area contributed by atoms with Crippen LogP contribution >= 0.6 is 0 Å². The zero-order chi connectivity index (χ0) is 15.5. The van der Waals surface area contributed by atoms with Gasteiger partial charge in [-0.3, -0.25) is 10.00 Å². The van der Waals surface area contributed by atoms with Crippen molar-refractivity contribution in [3.05, 3.63) is 47.3 Å². The number of benzene rings is 1. The maximum Gasteiger partial charge on any atom is 0.0785 e. The van der Waals surface area contributed by atoms with E-state index < -0.39 is 0 Å². The number of rotatable bonds is 4. The molecule has 122 valence electrons. The van der Waals surface area contributed by atoms with Crippen molar-refractivity contribution in [3.8, 4) is 0 Å². The first kappa shape index (κ1) is 14.7. The Balaban J connectivity index is 1.39. The van der Waals surface area contributed by atoms with Gasteiger partial charge >= 0.3 is 0 Å². The molecule has 1 N–H and O–H groups in total. The summed E-state index contributed by atoms with van der Waals surface area (Å²) in [7, 11) is 0. The second kappa shape index (κ2) is 6.72. The van der Waals surface area contributed by atoms with Crippen LogP contribution in [0.15, 0.2) is 30.5 Å². The van der Waals surface area contributed by atoms with Gasteiger partial charge in [-0.25, -0.2) is 0 Å². The number of H-pyrrole nitrogens is 1. The second-order valence-electron chi connectivity index (χ2n) is 6.46. The van der Waals surface area contributed by atoms with E-state index in [-0.39, 0.29) is 0 Å². The predicted molar refractivity (Wildman–Crippen MR) is 90.5 cm³/mol. The van der Waals surface area contributed by atoms with E-state index in [9.17, 15) is 0 Å². The van der Waals surface area contributed by atoms with Crippen LogP contribution in [-0.2, 0) is 24.2 Å². The molecule has 2 aliphatic heterocycles. The fourth-order valence-electron chi connectivity index (χ4n) is 3.48. The molecule has 2 aromatic rings. The Hall–Kier alpha value is -1.85. The third-order valence-corrected chi connectivity index (χ3v) is 4.80. The van der Waals surface area contributed by atoms with Crippen LogP contribution in [0.25, 0.3) is 0 Å². The van der Waals surface area contributed by atoms with Gasteiger partial charge in [0.15, 0.2) is 0 Å². The number of hydrogen-bond acceptors (Lipinski definition) is 4. The number of nitrogens with one attached hydrogen (secondary N) is 1. The Morgan fingerprint density at radius 2 is 1.74 bits per heavy atom. The molecule has 1 fully saturated rings. The zero-order valence-corrected chi connectivity index (χ0v) is 13.5. The lowest BCUT2D eigenvalue weighted by molar-refractivity contribution is 0.0342. The highest BCUT2D eigenvalue weighted by atomic mass is 16.5. The van der Waals surface area contributed by atoms with E-state index in [4.69, 9.17) is 4.74 Å². The van der Waals surface area contributed by atoms with Crippen LogP contribution in [0.3, 0.4) is 0 Å². The van der Waals surface area contributed by atoms with E-state index in [1.807, 2.05) is 6.20 Å². The Morgan fingerprint density at radius 3 is 2.52 bits per heavy atom. The molecule has 0 radical (unpaired) electrons. The average molecular weight is 312 g/mol. The summed E-state index contributed by atoms with van der Waals surface area (Å²) in [6, 6.07) is 9.07. The summed E-state index contributed by atoms with van der Waals surface area (Å²) >= 11 is 0. The maximum atomic E-state index is 5.41. The van der Waals surface area contributed by atoms with Gasteiger partial charge in [-0.05, 0) is 24.0 Å². The molecule has 5 heteroatoms. The number of morpholine rings is 1. The fraction of sp³-hybridized carbons (Fsp3) is 0.500. The van der Waals surface area contributed by atoms with Gasteiger partial charge in [-0.2, -0.15) is 5.10 Å². The molecule has 5 nitrogen and oxygen atoms in total. The molecule has 0 amide bonds. The van der Waals surface area contributed by atoms with Crippen molar-refractivity contribution in [2.45, 2.75) is 25.9 Å². The molecule has 1 aromatic carbocycles. The van der Waals surface area contributed by atoms with Crippen molar-refractivity contribution >= 4 is 5.69 Å². The number of nitrogens with zero attached hydrogens (tertiary/aromatic N) is 3. The van der Waals surface area contributed by atoms with E-state index in [1.54, 1.807) is 0 Å². The molecule has 0 atom stereocenters. The lowest BCUT2D eigenvalue weighted by atomic mass is 10.1. The van der Waals surface area contributed by atoms with E-state index in [1.165, 1.54) is 28.9 Å². The zero-order valence-electron chi connectivity index (χ0n) is 13.5. The highest BCUT2D eigenvalue weighted by molar-refractivity contribution is 5.51. The lowest BCUT2D eigenvalue weighted by Gasteiger charge is -2.28. The first-order valence-corrected chi connectivity index (χ1v) is 8.53. The van der Waals surface area contributed by atoms with Gasteiger partial charge in [0, 0.05) is 32.7 Å². The largest absolute Gasteiger partial charge is 0.379 e. The Labute approximate surface area is 137 Å². The molecule has 0 bridgehead atoms. The van der Waals surface area contributed by atoms with E-state index >= 15 is 0 Å². The molecule has 4 rings (SSSR count). The van der Waals surface area contributed by atoms with Crippen LogP contribution in [-0.4, -0.2) is 47.9 Å². The topological polar surface area (TPSA) is 44.4 Å². The Bertz CT molecular complexity index is 631. The van der Waals surface area contributed by atoms with Gasteiger partial charge in [0.1, 0.15) is 0 Å². The number of hydrogen-bond donors (Lipinski definition) is 1. The standard InChI is InChI=1S/C18H24N4O/c1-2-17-18(12-19-20-17)22(7-1)14-16-5-3-15(4-6-16)13-21-8-10-23-11-9-21/h3-6,12H,1-2,7-11,13-14H2,(H,19,20). The van der Waals surface area contributed by atoms with Gasteiger partial charge in [-0.15, -0.1) is 0 Å². The summed E-state index contributed by atoms with van der Waals surface area (Å²) in [4.78, 5) is 4.89. The average Bonchev–Trinajstić information content (AvgIpc) is 3.07. The summed E-state index contributed by atoms with van der Waals surface area (Å²) < 4.78 is 5.41. The van der Waals surface area contributed by atoms with Crippen molar-refractivity contribution in [1.29, 1.82) is 0 Å². The van der Waals surface area contributed by atoms with Crippen LogP contribution in [0.1, 0.15) is 23.2 Å². The lowest BCUT2D eigenvalue weighted by Crippen LogP contribution is -2.35. The van der Waals surface area contributed by atoms with Gasteiger partial charge in [0.05, 0.1) is 30.8 Å². The van der Waals surface area contributed by atoms with Crippen LogP contribution in [0.4, 0.5) is 5.69 Å². The monoisotopic (exact) mass is 312 g/mol. The summed E-state index contributed by atoms with van der Waals surface area (Å²) in [5.74, 6) is 0. The highest BCUT2D eigenvalue weighted by Crippen LogP contribution is 2.26. The molecule has 0 saturated carbocycles. The first-order chi connectivity index (χ1) is 11.4. The second-order valence-corrected chi connectivity index (χ2v) is 6.46. The normalized spacial score (nSPS) is 18.9. The van der Waals surface area contributed by atoms with Crippen molar-refractivity contribution in [2.75, 3.05) is 37.7 Å². The minimum Gasteiger partial charge on any atom is -0.379 e. The molecule has 0 spiro atoms. The summed E-state index contributed by atoms with van der Waals surface area (Å²) in [6.45, 7) is 6.91. The van der Waals surface area contributed by atoms with Crippen LogP contribution < -0.4 is 4.90 Å². The van der Waals surface area contributed by atoms with Crippen molar-refractivity contribution in [2.24, 2.45) is 0 Å².